The fraction of sp³-hybridized carbons (Fsp3) is 0.550. The van der Waals surface area contributed by atoms with E-state index in [4.69, 9.17) is 9.47 Å². The van der Waals surface area contributed by atoms with Gasteiger partial charge in [0.2, 0.25) is 5.91 Å². The summed E-state index contributed by atoms with van der Waals surface area (Å²) in [7, 11) is 0. The van der Waals surface area contributed by atoms with Crippen molar-refractivity contribution in [1.82, 2.24) is 15.5 Å². The number of nitrogens with one attached hydrogen (secondary N) is 2. The molecule has 2 heterocycles. The highest BCUT2D eigenvalue weighted by atomic mass is 16.6. The third kappa shape index (κ3) is 3.27. The van der Waals surface area contributed by atoms with Crippen molar-refractivity contribution in [3.05, 3.63) is 24.3 Å². The summed E-state index contributed by atoms with van der Waals surface area (Å²) < 4.78 is 11.4. The van der Waals surface area contributed by atoms with Gasteiger partial charge in [0, 0.05) is 0 Å². The summed E-state index contributed by atoms with van der Waals surface area (Å²) in [5.74, 6) is 0.697. The second-order valence-corrected chi connectivity index (χ2v) is 7.74. The van der Waals surface area contributed by atoms with Crippen LogP contribution in [-0.2, 0) is 9.59 Å². The van der Waals surface area contributed by atoms with E-state index in [1.165, 1.54) is 0 Å². The molecule has 2 aliphatic heterocycles. The SMILES string of the molecule is C[C@H]1CCCC[C@@]12NC(=O)N(CC(=O)NC[C@@H]1COc3ccccc3O1)C2=O. The van der Waals surface area contributed by atoms with E-state index < -0.39 is 17.5 Å². The quantitative estimate of drug-likeness (QED) is 0.762. The van der Waals surface area contributed by atoms with Crippen molar-refractivity contribution in [1.29, 1.82) is 0 Å². The van der Waals surface area contributed by atoms with Gasteiger partial charge in [0.15, 0.2) is 11.5 Å². The minimum atomic E-state index is -0.848. The molecule has 4 amide bonds. The number of carbonyl (C=O) groups excluding carboxylic acids is 3. The number of amides is 4. The number of nitrogens with zero attached hydrogens (tertiary/aromatic N) is 1. The molecule has 8 heteroatoms. The van der Waals surface area contributed by atoms with Gasteiger partial charge in [0.05, 0.1) is 6.54 Å². The van der Waals surface area contributed by atoms with Crippen LogP contribution in [0, 0.1) is 5.92 Å². The molecule has 8 nitrogen and oxygen atoms in total. The van der Waals surface area contributed by atoms with E-state index in [9.17, 15) is 14.4 Å². The highest BCUT2D eigenvalue weighted by Crippen LogP contribution is 2.38. The summed E-state index contributed by atoms with van der Waals surface area (Å²) in [6.45, 7) is 2.25. The first kappa shape index (κ1) is 18.6. The van der Waals surface area contributed by atoms with Crippen LogP contribution in [0.15, 0.2) is 24.3 Å². The van der Waals surface area contributed by atoms with Crippen molar-refractivity contribution < 1.29 is 23.9 Å². The lowest BCUT2D eigenvalue weighted by Gasteiger charge is -2.36. The summed E-state index contributed by atoms with van der Waals surface area (Å²) in [5.41, 5.74) is -0.848. The van der Waals surface area contributed by atoms with Crippen molar-refractivity contribution in [3.8, 4) is 11.5 Å². The highest BCUT2D eigenvalue weighted by molar-refractivity contribution is 6.09. The van der Waals surface area contributed by atoms with E-state index >= 15 is 0 Å². The Hall–Kier alpha value is -2.77. The molecule has 1 aliphatic carbocycles. The molecule has 1 aromatic carbocycles. The summed E-state index contributed by atoms with van der Waals surface area (Å²) in [4.78, 5) is 38.6. The molecule has 3 atom stereocenters. The zero-order chi connectivity index (χ0) is 19.7. The summed E-state index contributed by atoms with van der Waals surface area (Å²) in [6, 6.07) is 6.86. The number of hydrogen-bond acceptors (Lipinski definition) is 5. The van der Waals surface area contributed by atoms with Crippen LogP contribution in [0.25, 0.3) is 0 Å². The van der Waals surface area contributed by atoms with Crippen LogP contribution in [0.5, 0.6) is 11.5 Å². The first-order valence-electron chi connectivity index (χ1n) is 9.79. The normalized spacial score (nSPS) is 29.0. The number of rotatable bonds is 4. The Morgan fingerprint density at radius 1 is 1.29 bits per heavy atom. The fourth-order valence-electron chi connectivity index (χ4n) is 4.23. The number of para-hydroxylation sites is 2. The molecule has 0 bridgehead atoms. The molecule has 0 aromatic heterocycles. The Balaban J connectivity index is 1.32. The maximum absolute atomic E-state index is 12.9. The van der Waals surface area contributed by atoms with Gasteiger partial charge in [-0.1, -0.05) is 31.9 Å². The number of hydrogen-bond donors (Lipinski definition) is 2. The Morgan fingerprint density at radius 2 is 2.07 bits per heavy atom. The van der Waals surface area contributed by atoms with E-state index in [0.717, 1.165) is 24.2 Å². The molecular formula is C20H25N3O5. The Kier molecular flexibility index (Phi) is 4.87. The number of urea groups is 1. The molecule has 28 heavy (non-hydrogen) atoms. The van der Waals surface area contributed by atoms with Gasteiger partial charge in [0.1, 0.15) is 24.8 Å². The van der Waals surface area contributed by atoms with Gasteiger partial charge in [-0.25, -0.2) is 4.79 Å². The van der Waals surface area contributed by atoms with Crippen LogP contribution in [0.2, 0.25) is 0 Å². The molecule has 2 N–H and O–H groups in total. The lowest BCUT2D eigenvalue weighted by atomic mass is 9.73. The summed E-state index contributed by atoms with van der Waals surface area (Å²) in [6.07, 6.45) is 3.15. The smallest absolute Gasteiger partial charge is 0.325 e. The van der Waals surface area contributed by atoms with E-state index in [2.05, 4.69) is 10.6 Å². The van der Waals surface area contributed by atoms with Crippen LogP contribution < -0.4 is 20.1 Å². The van der Waals surface area contributed by atoms with E-state index in [-0.39, 0.29) is 31.0 Å². The molecular weight excluding hydrogens is 362 g/mol. The van der Waals surface area contributed by atoms with Gasteiger partial charge in [-0.05, 0) is 30.9 Å². The Morgan fingerprint density at radius 3 is 2.86 bits per heavy atom. The third-order valence-electron chi connectivity index (χ3n) is 5.90. The van der Waals surface area contributed by atoms with Gasteiger partial charge < -0.3 is 20.1 Å². The van der Waals surface area contributed by atoms with E-state index in [0.29, 0.717) is 24.5 Å². The first-order valence-corrected chi connectivity index (χ1v) is 9.79. The van der Waals surface area contributed by atoms with Crippen LogP contribution in [0.3, 0.4) is 0 Å². The lowest BCUT2D eigenvalue weighted by molar-refractivity contribution is -0.137. The highest BCUT2D eigenvalue weighted by Gasteiger charge is 2.55. The average Bonchev–Trinajstić information content (AvgIpc) is 2.93. The van der Waals surface area contributed by atoms with Crippen LogP contribution in [0.4, 0.5) is 4.79 Å². The maximum Gasteiger partial charge on any atom is 0.325 e. The summed E-state index contributed by atoms with van der Waals surface area (Å²) >= 11 is 0. The largest absolute Gasteiger partial charge is 0.486 e. The molecule has 1 aromatic rings. The molecule has 1 saturated carbocycles. The average molecular weight is 387 g/mol. The molecule has 150 valence electrons. The molecule has 4 rings (SSSR count). The zero-order valence-electron chi connectivity index (χ0n) is 15.9. The molecule has 0 radical (unpaired) electrons. The van der Waals surface area contributed by atoms with Crippen molar-refractivity contribution in [3.63, 3.8) is 0 Å². The Bertz CT molecular complexity index is 798. The van der Waals surface area contributed by atoms with Gasteiger partial charge in [-0.15, -0.1) is 0 Å². The predicted molar refractivity (Wildman–Crippen MR) is 100.0 cm³/mol. The third-order valence-corrected chi connectivity index (χ3v) is 5.90. The fourth-order valence-corrected chi connectivity index (χ4v) is 4.23. The molecule has 3 aliphatic rings. The molecule has 1 saturated heterocycles. The van der Waals surface area contributed by atoms with Crippen molar-refractivity contribution in [2.24, 2.45) is 5.92 Å². The number of imide groups is 1. The lowest BCUT2D eigenvalue weighted by Crippen LogP contribution is -2.54. The summed E-state index contributed by atoms with van der Waals surface area (Å²) in [5, 5.41) is 5.59. The van der Waals surface area contributed by atoms with Crippen LogP contribution in [-0.4, -0.2) is 54.1 Å². The monoisotopic (exact) mass is 387 g/mol. The van der Waals surface area contributed by atoms with Crippen molar-refractivity contribution >= 4 is 17.8 Å². The van der Waals surface area contributed by atoms with Gasteiger partial charge in [0.25, 0.3) is 5.91 Å². The van der Waals surface area contributed by atoms with E-state index in [1.807, 2.05) is 25.1 Å². The first-order chi connectivity index (χ1) is 13.5. The Labute approximate surface area is 163 Å². The number of benzene rings is 1. The second kappa shape index (κ2) is 7.33. The maximum atomic E-state index is 12.9. The number of carbonyl (C=O) groups is 3. The van der Waals surface area contributed by atoms with Gasteiger partial charge in [-0.3, -0.25) is 14.5 Å². The van der Waals surface area contributed by atoms with Gasteiger partial charge in [-0.2, -0.15) is 0 Å². The molecule has 2 fully saturated rings. The van der Waals surface area contributed by atoms with Gasteiger partial charge >= 0.3 is 6.03 Å². The zero-order valence-corrected chi connectivity index (χ0v) is 15.9. The van der Waals surface area contributed by atoms with Crippen LogP contribution in [0.1, 0.15) is 32.6 Å². The molecule has 0 unspecified atom stereocenters. The van der Waals surface area contributed by atoms with E-state index in [1.54, 1.807) is 6.07 Å². The van der Waals surface area contributed by atoms with Crippen LogP contribution >= 0.6 is 0 Å². The topological polar surface area (TPSA) is 97.0 Å². The minimum Gasteiger partial charge on any atom is -0.486 e. The van der Waals surface area contributed by atoms with Crippen molar-refractivity contribution in [2.45, 2.75) is 44.2 Å². The second-order valence-electron chi connectivity index (χ2n) is 7.74. The predicted octanol–water partition coefficient (Wildman–Crippen LogP) is 1.44. The minimum absolute atomic E-state index is 0.0682. The number of ether oxygens (including phenoxy) is 2. The molecule has 1 spiro atoms. The van der Waals surface area contributed by atoms with Crippen molar-refractivity contribution in [2.75, 3.05) is 19.7 Å². The number of fused-ring (bicyclic) bond motifs is 1. The standard InChI is InChI=1S/C20H25N3O5/c1-13-6-4-5-9-20(13)18(25)23(19(26)22-20)11-17(24)21-10-14-12-27-15-7-2-3-8-16(15)28-14/h2-3,7-8,13-14H,4-6,9-12H2,1H3,(H,21,24)(H,22,26)/t13-,14+,20+/m0/s1.